The van der Waals surface area contributed by atoms with Gasteiger partial charge < -0.3 is 14.0 Å². The third-order valence-electron chi connectivity index (χ3n) is 4.59. The van der Waals surface area contributed by atoms with Crippen molar-refractivity contribution in [3.05, 3.63) is 53.4 Å². The van der Waals surface area contributed by atoms with Gasteiger partial charge in [-0.1, -0.05) is 5.16 Å². The minimum absolute atomic E-state index is 0.0444. The third-order valence-corrected chi connectivity index (χ3v) is 6.70. The predicted octanol–water partition coefficient (Wildman–Crippen LogP) is 3.58. The van der Waals surface area contributed by atoms with Crippen molar-refractivity contribution in [1.82, 2.24) is 14.4 Å². The molecule has 3 rings (SSSR count). The summed E-state index contributed by atoms with van der Waals surface area (Å²) in [5.41, 5.74) is 1.97. The largest absolute Gasteiger partial charge is 0.497 e. The van der Waals surface area contributed by atoms with Crippen LogP contribution in [0.5, 0.6) is 11.5 Å². The molecule has 2 aromatic carbocycles. The van der Waals surface area contributed by atoms with Crippen LogP contribution < -0.4 is 9.47 Å². The molecule has 0 aliphatic rings. The summed E-state index contributed by atoms with van der Waals surface area (Å²) in [5, 5.41) is 3.96. The first-order valence-corrected chi connectivity index (χ1v) is 10.9. The number of methoxy groups -OCH3 is 1. The highest BCUT2D eigenvalue weighted by molar-refractivity contribution is 7.89. The molecular weight excluding hydrogens is 406 g/mol. The zero-order valence-corrected chi connectivity index (χ0v) is 18.5. The SMILES string of the molecule is CCOc1ccc(-c2noc(CN(C)S(=O)(=O)c3c(C)cc(OC)cc3C)n2)cc1. The molecule has 0 aliphatic heterocycles. The quantitative estimate of drug-likeness (QED) is 0.538. The van der Waals surface area contributed by atoms with Crippen LogP contribution in [0.25, 0.3) is 11.4 Å². The van der Waals surface area contributed by atoms with E-state index in [9.17, 15) is 8.42 Å². The fraction of sp³-hybridized carbons (Fsp3) is 0.333. The summed E-state index contributed by atoms with van der Waals surface area (Å²) < 4.78 is 43.4. The van der Waals surface area contributed by atoms with Crippen molar-refractivity contribution >= 4 is 10.0 Å². The highest BCUT2D eigenvalue weighted by Crippen LogP contribution is 2.28. The summed E-state index contributed by atoms with van der Waals surface area (Å²) in [6.07, 6.45) is 0. The van der Waals surface area contributed by atoms with Gasteiger partial charge in [-0.3, -0.25) is 0 Å². The van der Waals surface area contributed by atoms with Gasteiger partial charge in [-0.05, 0) is 68.3 Å². The molecule has 3 aromatic rings. The Morgan fingerprint density at radius 2 is 1.70 bits per heavy atom. The second-order valence-electron chi connectivity index (χ2n) is 6.82. The monoisotopic (exact) mass is 431 g/mol. The molecule has 0 N–H and O–H groups in total. The average molecular weight is 432 g/mol. The Kier molecular flexibility index (Phi) is 6.42. The molecule has 1 heterocycles. The number of hydrogen-bond donors (Lipinski definition) is 0. The Morgan fingerprint density at radius 3 is 2.27 bits per heavy atom. The summed E-state index contributed by atoms with van der Waals surface area (Å²) in [6, 6.07) is 10.7. The lowest BCUT2D eigenvalue weighted by atomic mass is 10.1. The van der Waals surface area contributed by atoms with Gasteiger partial charge in [0.05, 0.1) is 25.2 Å². The van der Waals surface area contributed by atoms with Crippen LogP contribution in [-0.2, 0) is 16.6 Å². The highest BCUT2D eigenvalue weighted by atomic mass is 32.2. The molecule has 0 aliphatic carbocycles. The van der Waals surface area contributed by atoms with Crippen molar-refractivity contribution < 1.29 is 22.4 Å². The number of rotatable bonds is 8. The van der Waals surface area contributed by atoms with Crippen molar-refractivity contribution in [2.45, 2.75) is 32.2 Å². The lowest BCUT2D eigenvalue weighted by molar-refractivity contribution is 0.336. The second-order valence-corrected chi connectivity index (χ2v) is 8.80. The van der Waals surface area contributed by atoms with Crippen LogP contribution in [0.3, 0.4) is 0 Å². The van der Waals surface area contributed by atoms with E-state index in [2.05, 4.69) is 10.1 Å². The van der Waals surface area contributed by atoms with Crippen molar-refractivity contribution in [2.75, 3.05) is 20.8 Å². The van der Waals surface area contributed by atoms with Crippen LogP contribution in [0.1, 0.15) is 23.9 Å². The van der Waals surface area contributed by atoms with E-state index in [1.54, 1.807) is 33.1 Å². The zero-order chi connectivity index (χ0) is 21.9. The van der Waals surface area contributed by atoms with Crippen LogP contribution in [0.15, 0.2) is 45.8 Å². The van der Waals surface area contributed by atoms with Gasteiger partial charge in [0.2, 0.25) is 21.7 Å². The molecule has 0 unspecified atom stereocenters. The lowest BCUT2D eigenvalue weighted by Gasteiger charge is -2.19. The molecule has 0 amide bonds. The second kappa shape index (κ2) is 8.85. The van der Waals surface area contributed by atoms with Crippen molar-refractivity contribution in [2.24, 2.45) is 0 Å². The number of ether oxygens (including phenoxy) is 2. The van der Waals surface area contributed by atoms with E-state index < -0.39 is 10.0 Å². The van der Waals surface area contributed by atoms with Crippen LogP contribution in [0, 0.1) is 13.8 Å². The third kappa shape index (κ3) is 4.47. The normalized spacial score (nSPS) is 11.7. The molecule has 0 spiro atoms. The van der Waals surface area contributed by atoms with Gasteiger partial charge in [-0.15, -0.1) is 0 Å². The molecule has 0 atom stereocenters. The van der Waals surface area contributed by atoms with Crippen LogP contribution in [-0.4, -0.2) is 43.6 Å². The number of aromatic nitrogens is 2. The van der Waals surface area contributed by atoms with E-state index in [1.807, 2.05) is 31.2 Å². The van der Waals surface area contributed by atoms with E-state index in [4.69, 9.17) is 14.0 Å². The topological polar surface area (TPSA) is 94.8 Å². The molecule has 0 saturated carbocycles. The van der Waals surface area contributed by atoms with E-state index in [-0.39, 0.29) is 17.3 Å². The van der Waals surface area contributed by atoms with Gasteiger partial charge >= 0.3 is 0 Å². The summed E-state index contributed by atoms with van der Waals surface area (Å²) >= 11 is 0. The van der Waals surface area contributed by atoms with Crippen molar-refractivity contribution in [3.63, 3.8) is 0 Å². The molecule has 8 nitrogen and oxygen atoms in total. The molecule has 0 bridgehead atoms. The van der Waals surface area contributed by atoms with Gasteiger partial charge in [0.15, 0.2) is 0 Å². The summed E-state index contributed by atoms with van der Waals surface area (Å²) in [6.45, 7) is 5.94. The molecule has 1 aromatic heterocycles. The zero-order valence-electron chi connectivity index (χ0n) is 17.7. The first kappa shape index (κ1) is 21.8. The Hall–Kier alpha value is -2.91. The van der Waals surface area contributed by atoms with Crippen LogP contribution >= 0.6 is 0 Å². The van der Waals surface area contributed by atoms with Crippen molar-refractivity contribution in [3.8, 4) is 22.9 Å². The molecule has 0 fully saturated rings. The molecule has 0 radical (unpaired) electrons. The number of hydrogen-bond acceptors (Lipinski definition) is 7. The number of nitrogens with zero attached hydrogens (tertiary/aromatic N) is 3. The summed E-state index contributed by atoms with van der Waals surface area (Å²) in [7, 11) is -0.724. The first-order valence-electron chi connectivity index (χ1n) is 9.43. The molecule has 0 saturated heterocycles. The number of aryl methyl sites for hydroxylation is 2. The van der Waals surface area contributed by atoms with Crippen LogP contribution in [0.4, 0.5) is 0 Å². The molecule has 160 valence electrons. The Morgan fingerprint density at radius 1 is 1.07 bits per heavy atom. The van der Waals surface area contributed by atoms with E-state index in [1.165, 1.54) is 11.4 Å². The standard InChI is InChI=1S/C21H25N3O5S/c1-6-28-17-9-7-16(8-10-17)21-22-19(29-23-21)13-24(4)30(25,26)20-14(2)11-18(27-5)12-15(20)3/h7-12H,6,13H2,1-5H3. The first-order chi connectivity index (χ1) is 14.3. The average Bonchev–Trinajstić information content (AvgIpc) is 3.16. The summed E-state index contributed by atoms with van der Waals surface area (Å²) in [4.78, 5) is 4.58. The smallest absolute Gasteiger partial charge is 0.243 e. The maximum atomic E-state index is 13.1. The number of sulfonamides is 1. The molecule has 30 heavy (non-hydrogen) atoms. The lowest BCUT2D eigenvalue weighted by Crippen LogP contribution is -2.28. The van der Waals surface area contributed by atoms with Crippen LogP contribution in [0.2, 0.25) is 0 Å². The van der Waals surface area contributed by atoms with Gasteiger partial charge in [0.25, 0.3) is 0 Å². The number of benzene rings is 2. The minimum Gasteiger partial charge on any atom is -0.497 e. The Balaban J connectivity index is 1.80. The van der Waals surface area contributed by atoms with Gasteiger partial charge in [-0.25, -0.2) is 8.42 Å². The maximum Gasteiger partial charge on any atom is 0.243 e. The maximum absolute atomic E-state index is 13.1. The fourth-order valence-corrected chi connectivity index (χ4v) is 4.69. The van der Waals surface area contributed by atoms with E-state index >= 15 is 0 Å². The van der Waals surface area contributed by atoms with E-state index in [0.29, 0.717) is 29.3 Å². The summed E-state index contributed by atoms with van der Waals surface area (Å²) in [5.74, 6) is 1.95. The van der Waals surface area contributed by atoms with E-state index in [0.717, 1.165) is 11.3 Å². The predicted molar refractivity (Wildman–Crippen MR) is 112 cm³/mol. The fourth-order valence-electron chi connectivity index (χ4n) is 3.17. The highest BCUT2D eigenvalue weighted by Gasteiger charge is 2.27. The van der Waals surface area contributed by atoms with Gasteiger partial charge in [0.1, 0.15) is 11.5 Å². The van der Waals surface area contributed by atoms with Gasteiger partial charge in [0, 0.05) is 12.6 Å². The van der Waals surface area contributed by atoms with Crippen molar-refractivity contribution in [1.29, 1.82) is 0 Å². The Bertz CT molecular complexity index is 1100. The van der Waals surface area contributed by atoms with Gasteiger partial charge in [-0.2, -0.15) is 9.29 Å². The minimum atomic E-state index is -3.76. The molecule has 9 heteroatoms. The molecular formula is C21H25N3O5S. The Labute approximate surface area is 176 Å².